The van der Waals surface area contributed by atoms with Gasteiger partial charge < -0.3 is 0 Å². The average Bonchev–Trinajstić information content (AvgIpc) is 2.54. The molecular weight excluding hydrogens is 346 g/mol. The van der Waals surface area contributed by atoms with E-state index in [1.165, 1.54) is 42.3 Å². The predicted octanol–water partition coefficient (Wildman–Crippen LogP) is 5.39. The van der Waals surface area contributed by atoms with Crippen LogP contribution in [0.1, 0.15) is 42.5 Å². The first kappa shape index (κ1) is 15.4. The van der Waals surface area contributed by atoms with Gasteiger partial charge in [0.15, 0.2) is 0 Å². The Kier molecular flexibility index (Phi) is 4.29. The normalized spacial score (nSPS) is 25.5. The smallest absolute Gasteiger partial charge is 0.0323 e. The van der Waals surface area contributed by atoms with Crippen LogP contribution in [0.3, 0.4) is 0 Å². The van der Waals surface area contributed by atoms with Crippen LogP contribution in [0.2, 0.25) is 0 Å². The van der Waals surface area contributed by atoms with Crippen molar-refractivity contribution in [3.8, 4) is 0 Å². The topological polar surface area (TPSA) is 3.24 Å². The van der Waals surface area contributed by atoms with E-state index in [9.17, 15) is 0 Å². The molecule has 2 unspecified atom stereocenters. The predicted molar refractivity (Wildman–Crippen MR) is 99.6 cm³/mol. The van der Waals surface area contributed by atoms with Gasteiger partial charge in [0.25, 0.3) is 0 Å². The van der Waals surface area contributed by atoms with Gasteiger partial charge in [0.1, 0.15) is 0 Å². The van der Waals surface area contributed by atoms with Crippen molar-refractivity contribution in [2.24, 2.45) is 5.92 Å². The zero-order valence-corrected chi connectivity index (χ0v) is 15.3. The van der Waals surface area contributed by atoms with Gasteiger partial charge in [-0.05, 0) is 67.3 Å². The highest BCUT2D eigenvalue weighted by Crippen LogP contribution is 2.37. The molecule has 2 heteroatoms. The SMILES string of the molecule is C[C@H](c1cccc(Br)c1)N1CC2CCC1Cc1ccccc1C2. The first-order valence-electron chi connectivity index (χ1n) is 8.78. The molecule has 2 aliphatic heterocycles. The number of piperidine rings is 1. The Hall–Kier alpha value is -1.12. The Morgan fingerprint density at radius 3 is 2.57 bits per heavy atom. The molecule has 2 bridgehead atoms. The van der Waals surface area contributed by atoms with Crippen molar-refractivity contribution in [1.82, 2.24) is 4.90 Å². The fraction of sp³-hybridized carbons (Fsp3) is 0.429. The van der Waals surface area contributed by atoms with E-state index in [0.717, 1.165) is 5.92 Å². The molecule has 0 spiro atoms. The third-order valence-electron chi connectivity index (χ3n) is 5.76. The lowest BCUT2D eigenvalue weighted by molar-refractivity contribution is 0.0642. The van der Waals surface area contributed by atoms with Crippen molar-refractivity contribution in [3.05, 3.63) is 69.7 Å². The van der Waals surface area contributed by atoms with Gasteiger partial charge in [0.2, 0.25) is 0 Å². The molecule has 3 atom stereocenters. The minimum atomic E-state index is 0.491. The van der Waals surface area contributed by atoms with Gasteiger partial charge in [-0.3, -0.25) is 4.90 Å². The molecule has 2 heterocycles. The van der Waals surface area contributed by atoms with Crippen LogP contribution < -0.4 is 0 Å². The van der Waals surface area contributed by atoms with Crippen molar-refractivity contribution < 1.29 is 0 Å². The highest BCUT2D eigenvalue weighted by atomic mass is 79.9. The molecule has 3 aliphatic rings. The van der Waals surface area contributed by atoms with Gasteiger partial charge in [-0.2, -0.15) is 0 Å². The molecule has 5 rings (SSSR count). The van der Waals surface area contributed by atoms with Crippen LogP contribution in [-0.4, -0.2) is 17.5 Å². The minimum absolute atomic E-state index is 0.491. The van der Waals surface area contributed by atoms with E-state index < -0.39 is 0 Å². The Labute approximate surface area is 147 Å². The van der Waals surface area contributed by atoms with E-state index in [-0.39, 0.29) is 0 Å². The number of halogens is 1. The van der Waals surface area contributed by atoms with Crippen LogP contribution in [0.5, 0.6) is 0 Å². The summed E-state index contributed by atoms with van der Waals surface area (Å²) < 4.78 is 1.18. The summed E-state index contributed by atoms with van der Waals surface area (Å²) in [7, 11) is 0. The standard InChI is InChI=1S/C21H24BrN/c1-15(17-7-4-8-20(22)12-17)23-14-16-9-10-21(23)13-19-6-3-2-5-18(19)11-16/h2-8,12,15-16,21H,9-11,13-14H2,1H3/t15-,16?,21?/m1/s1. The molecule has 1 nitrogen and oxygen atoms in total. The lowest BCUT2D eigenvalue weighted by Gasteiger charge is -2.45. The summed E-state index contributed by atoms with van der Waals surface area (Å²) in [6, 6.07) is 19.1. The Bertz CT molecular complexity index is 696. The fourth-order valence-electron chi connectivity index (χ4n) is 4.47. The molecule has 0 N–H and O–H groups in total. The molecule has 120 valence electrons. The van der Waals surface area contributed by atoms with Crippen LogP contribution >= 0.6 is 15.9 Å². The summed E-state index contributed by atoms with van der Waals surface area (Å²) in [6.45, 7) is 3.62. The molecule has 1 fully saturated rings. The van der Waals surface area contributed by atoms with Crippen LogP contribution in [0.15, 0.2) is 53.0 Å². The van der Waals surface area contributed by atoms with Crippen LogP contribution in [0.25, 0.3) is 0 Å². The molecule has 2 aromatic carbocycles. The van der Waals surface area contributed by atoms with Gasteiger partial charge in [0.05, 0.1) is 0 Å². The van der Waals surface area contributed by atoms with Crippen molar-refractivity contribution >= 4 is 15.9 Å². The van der Waals surface area contributed by atoms with E-state index in [1.54, 1.807) is 11.1 Å². The molecule has 23 heavy (non-hydrogen) atoms. The van der Waals surface area contributed by atoms with Crippen LogP contribution in [-0.2, 0) is 12.8 Å². The summed E-state index contributed by atoms with van der Waals surface area (Å²) >= 11 is 3.63. The number of nitrogens with zero attached hydrogens (tertiary/aromatic N) is 1. The third-order valence-corrected chi connectivity index (χ3v) is 6.25. The number of benzene rings is 2. The Balaban J connectivity index is 1.64. The number of hydrogen-bond acceptors (Lipinski definition) is 1. The monoisotopic (exact) mass is 369 g/mol. The molecule has 0 aromatic heterocycles. The van der Waals surface area contributed by atoms with Gasteiger partial charge >= 0.3 is 0 Å². The van der Waals surface area contributed by atoms with E-state index in [4.69, 9.17) is 0 Å². The number of rotatable bonds is 2. The van der Waals surface area contributed by atoms with E-state index in [1.807, 2.05) is 0 Å². The lowest BCUT2D eigenvalue weighted by atomic mass is 9.79. The van der Waals surface area contributed by atoms with E-state index >= 15 is 0 Å². The molecular formula is C21H24BrN. The maximum Gasteiger partial charge on any atom is 0.0323 e. The summed E-state index contributed by atoms with van der Waals surface area (Å²) in [4.78, 5) is 2.77. The zero-order chi connectivity index (χ0) is 15.8. The molecule has 1 saturated heterocycles. The first-order chi connectivity index (χ1) is 11.2. The van der Waals surface area contributed by atoms with Gasteiger partial charge in [-0.25, -0.2) is 0 Å². The zero-order valence-electron chi connectivity index (χ0n) is 13.7. The minimum Gasteiger partial charge on any atom is -0.293 e. The summed E-state index contributed by atoms with van der Waals surface area (Å²) in [5.41, 5.74) is 4.60. The third kappa shape index (κ3) is 3.12. The molecule has 1 aliphatic carbocycles. The highest BCUT2D eigenvalue weighted by Gasteiger charge is 2.34. The molecule has 0 saturated carbocycles. The van der Waals surface area contributed by atoms with E-state index in [2.05, 4.69) is 76.3 Å². The van der Waals surface area contributed by atoms with E-state index in [0.29, 0.717) is 12.1 Å². The quantitative estimate of drug-likeness (QED) is 0.685. The van der Waals surface area contributed by atoms with Crippen molar-refractivity contribution in [2.45, 2.75) is 44.7 Å². The maximum atomic E-state index is 3.63. The summed E-state index contributed by atoms with van der Waals surface area (Å²) in [5, 5.41) is 0. The fourth-order valence-corrected chi connectivity index (χ4v) is 4.89. The van der Waals surface area contributed by atoms with Crippen molar-refractivity contribution in [3.63, 3.8) is 0 Å². The Morgan fingerprint density at radius 1 is 1.00 bits per heavy atom. The largest absolute Gasteiger partial charge is 0.293 e. The maximum absolute atomic E-state index is 3.63. The number of hydrogen-bond donors (Lipinski definition) is 0. The molecule has 2 aromatic rings. The average molecular weight is 370 g/mol. The summed E-state index contributed by atoms with van der Waals surface area (Å²) in [6.07, 6.45) is 5.20. The van der Waals surface area contributed by atoms with Crippen molar-refractivity contribution in [1.29, 1.82) is 0 Å². The van der Waals surface area contributed by atoms with Crippen molar-refractivity contribution in [2.75, 3.05) is 6.54 Å². The second-order valence-electron chi connectivity index (χ2n) is 7.20. The van der Waals surface area contributed by atoms with Crippen LogP contribution in [0.4, 0.5) is 0 Å². The highest BCUT2D eigenvalue weighted by molar-refractivity contribution is 9.10. The van der Waals surface area contributed by atoms with Crippen LogP contribution in [0, 0.1) is 5.92 Å². The van der Waals surface area contributed by atoms with Gasteiger partial charge in [-0.1, -0.05) is 52.3 Å². The summed E-state index contributed by atoms with van der Waals surface area (Å²) in [5.74, 6) is 0.808. The Morgan fingerprint density at radius 2 is 1.78 bits per heavy atom. The first-order valence-corrected chi connectivity index (χ1v) is 9.58. The van der Waals surface area contributed by atoms with Gasteiger partial charge in [0, 0.05) is 23.1 Å². The van der Waals surface area contributed by atoms with Gasteiger partial charge in [-0.15, -0.1) is 0 Å². The molecule has 0 amide bonds. The number of fused-ring (bicyclic) bond motifs is 2. The second-order valence-corrected chi connectivity index (χ2v) is 8.12. The molecule has 0 radical (unpaired) electrons. The second kappa shape index (κ2) is 6.41. The lowest BCUT2D eigenvalue weighted by Crippen LogP contribution is -2.47.